The molecule has 166 valence electrons. The molecule has 2 aromatic carbocycles. The average Bonchev–Trinajstić information content (AvgIpc) is 2.80. The van der Waals surface area contributed by atoms with Crippen LogP contribution < -0.4 is 5.32 Å². The molecule has 0 saturated heterocycles. The number of carbonyl (C=O) groups excluding carboxylic acids is 1. The molecule has 9 nitrogen and oxygen atoms in total. The molecule has 0 aliphatic heterocycles. The number of carboxylic acid groups (broad SMARTS) is 2. The molecular weight excluding hydrogens is 414 g/mol. The molecule has 32 heavy (non-hydrogen) atoms. The number of hydrogen-bond acceptors (Lipinski definition) is 6. The minimum absolute atomic E-state index is 0.0100. The Morgan fingerprint density at radius 2 is 1.50 bits per heavy atom. The summed E-state index contributed by atoms with van der Waals surface area (Å²) in [5, 5.41) is 35.4. The number of benzene rings is 2. The minimum Gasteiger partial charge on any atom is -0.478 e. The predicted molar refractivity (Wildman–Crippen MR) is 117 cm³/mol. The summed E-state index contributed by atoms with van der Waals surface area (Å²) in [4.78, 5) is 32.8. The first-order chi connectivity index (χ1) is 15.3. The lowest BCUT2D eigenvalue weighted by atomic mass is 10.00. The van der Waals surface area contributed by atoms with Crippen LogP contribution in [0.2, 0.25) is 0 Å². The third-order valence-corrected chi connectivity index (χ3v) is 4.31. The van der Waals surface area contributed by atoms with Gasteiger partial charge in [0.05, 0.1) is 5.56 Å². The number of aliphatic hydroxyl groups is 1. The first-order valence-electron chi connectivity index (χ1n) is 9.69. The molecule has 0 saturated carbocycles. The molecule has 0 aliphatic rings. The highest BCUT2D eigenvalue weighted by atomic mass is 16.4. The molecule has 3 aromatic rings. The van der Waals surface area contributed by atoms with Crippen molar-refractivity contribution in [1.29, 1.82) is 0 Å². The Balaban J connectivity index is 0.000000227. The fraction of sp³-hybridized carbons (Fsp3) is 0.174. The summed E-state index contributed by atoms with van der Waals surface area (Å²) < 4.78 is 0. The molecule has 9 heteroatoms. The molecule has 0 bridgehead atoms. The monoisotopic (exact) mass is 437 g/mol. The van der Waals surface area contributed by atoms with Gasteiger partial charge in [-0.1, -0.05) is 42.5 Å². The van der Waals surface area contributed by atoms with E-state index in [-0.39, 0.29) is 18.0 Å². The van der Waals surface area contributed by atoms with Crippen molar-refractivity contribution in [2.75, 3.05) is 13.2 Å². The number of rotatable bonds is 7. The van der Waals surface area contributed by atoms with Crippen molar-refractivity contribution in [2.45, 2.75) is 13.3 Å². The molecule has 0 spiro atoms. The van der Waals surface area contributed by atoms with E-state index in [1.807, 2.05) is 42.5 Å². The maximum absolute atomic E-state index is 11.4. The highest BCUT2D eigenvalue weighted by Crippen LogP contribution is 2.22. The number of aromatic nitrogens is 2. The van der Waals surface area contributed by atoms with E-state index in [9.17, 15) is 14.4 Å². The highest BCUT2D eigenvalue weighted by molar-refractivity contribution is 5.93. The molecule has 0 aliphatic carbocycles. The van der Waals surface area contributed by atoms with Crippen molar-refractivity contribution in [2.24, 2.45) is 0 Å². The third kappa shape index (κ3) is 6.99. The minimum atomic E-state index is -1.19. The zero-order chi connectivity index (χ0) is 23.5. The molecule has 0 atom stereocenters. The molecule has 0 radical (unpaired) electrons. The fourth-order valence-electron chi connectivity index (χ4n) is 2.60. The van der Waals surface area contributed by atoms with E-state index in [0.29, 0.717) is 18.5 Å². The van der Waals surface area contributed by atoms with Gasteiger partial charge in [0, 0.05) is 13.2 Å². The smallest absolute Gasteiger partial charge is 0.356 e. The molecule has 1 heterocycles. The Labute approximate surface area is 184 Å². The van der Waals surface area contributed by atoms with Crippen LogP contribution in [0.25, 0.3) is 11.1 Å². The Bertz CT molecular complexity index is 1070. The molecular formula is C23H23N3O6. The first-order valence-corrected chi connectivity index (χ1v) is 9.69. The van der Waals surface area contributed by atoms with Gasteiger partial charge in [0.15, 0.2) is 11.4 Å². The van der Waals surface area contributed by atoms with Gasteiger partial charge < -0.3 is 20.6 Å². The molecule has 1 aromatic heterocycles. The number of hydrogen-bond donors (Lipinski definition) is 4. The molecule has 4 N–H and O–H groups in total. The van der Waals surface area contributed by atoms with Crippen molar-refractivity contribution in [1.82, 2.24) is 15.5 Å². The van der Waals surface area contributed by atoms with Gasteiger partial charge in [0.2, 0.25) is 0 Å². The number of aromatic carboxylic acids is 2. The molecule has 3 rings (SSSR count). The third-order valence-electron chi connectivity index (χ3n) is 4.31. The Hall–Kier alpha value is -4.11. The first kappa shape index (κ1) is 24.2. The predicted octanol–water partition coefficient (Wildman–Crippen LogP) is 2.65. The Morgan fingerprint density at radius 3 is 2.06 bits per heavy atom. The molecule has 0 unspecified atom stereocenters. The molecule has 1 amide bonds. The van der Waals surface area contributed by atoms with Gasteiger partial charge in [0.1, 0.15) is 0 Å². The quantitative estimate of drug-likeness (QED) is 0.412. The fourth-order valence-corrected chi connectivity index (χ4v) is 2.60. The van der Waals surface area contributed by atoms with E-state index in [2.05, 4.69) is 15.5 Å². The van der Waals surface area contributed by atoms with Gasteiger partial charge in [-0.25, -0.2) is 9.59 Å². The lowest BCUT2D eigenvalue weighted by Crippen LogP contribution is -2.26. The lowest BCUT2D eigenvalue weighted by molar-refractivity contribution is 0.0681. The van der Waals surface area contributed by atoms with Crippen molar-refractivity contribution >= 4 is 17.8 Å². The summed E-state index contributed by atoms with van der Waals surface area (Å²) >= 11 is 0. The van der Waals surface area contributed by atoms with E-state index in [0.717, 1.165) is 16.7 Å². The van der Waals surface area contributed by atoms with Gasteiger partial charge in [-0.2, -0.15) is 0 Å². The summed E-state index contributed by atoms with van der Waals surface area (Å²) in [7, 11) is 0. The summed E-state index contributed by atoms with van der Waals surface area (Å²) in [6.07, 6.45) is 0.451. The average molecular weight is 437 g/mol. The number of aryl methyl sites for hydroxylation is 1. The van der Waals surface area contributed by atoms with Crippen molar-refractivity contribution in [3.8, 4) is 11.1 Å². The van der Waals surface area contributed by atoms with Gasteiger partial charge in [-0.15, -0.1) is 10.2 Å². The van der Waals surface area contributed by atoms with E-state index in [1.54, 1.807) is 13.0 Å². The van der Waals surface area contributed by atoms with Gasteiger partial charge in [-0.05, 0) is 48.2 Å². The SMILES string of the molecule is Cc1ccc(-c2ccccc2)cc1C(=O)O.O=C(O)c1ccc(C(=O)NCCCO)nn1. The van der Waals surface area contributed by atoms with Crippen LogP contribution in [0.15, 0.2) is 60.7 Å². The summed E-state index contributed by atoms with van der Waals surface area (Å²) in [5.74, 6) is -2.52. The topological polar surface area (TPSA) is 150 Å². The van der Waals surface area contributed by atoms with E-state index < -0.39 is 17.8 Å². The zero-order valence-corrected chi connectivity index (χ0v) is 17.4. The van der Waals surface area contributed by atoms with Crippen LogP contribution >= 0.6 is 0 Å². The zero-order valence-electron chi connectivity index (χ0n) is 17.4. The van der Waals surface area contributed by atoms with E-state index >= 15 is 0 Å². The van der Waals surface area contributed by atoms with Crippen LogP contribution in [0.1, 0.15) is 43.3 Å². The van der Waals surface area contributed by atoms with E-state index in [1.165, 1.54) is 12.1 Å². The maximum atomic E-state index is 11.4. The van der Waals surface area contributed by atoms with Crippen molar-refractivity contribution in [3.63, 3.8) is 0 Å². The summed E-state index contributed by atoms with van der Waals surface area (Å²) in [6, 6.07) is 17.7. The van der Waals surface area contributed by atoms with Crippen LogP contribution in [0.3, 0.4) is 0 Å². The largest absolute Gasteiger partial charge is 0.478 e. The lowest BCUT2D eigenvalue weighted by Gasteiger charge is -2.05. The summed E-state index contributed by atoms with van der Waals surface area (Å²) in [6.45, 7) is 2.12. The van der Waals surface area contributed by atoms with Gasteiger partial charge in [0.25, 0.3) is 5.91 Å². The number of carboxylic acids is 2. The second-order valence-corrected chi connectivity index (χ2v) is 6.64. The van der Waals surface area contributed by atoms with Gasteiger partial charge >= 0.3 is 11.9 Å². The normalized spacial score (nSPS) is 9.94. The van der Waals surface area contributed by atoms with Crippen LogP contribution in [0, 0.1) is 6.92 Å². The van der Waals surface area contributed by atoms with Crippen molar-refractivity contribution < 1.29 is 29.7 Å². The van der Waals surface area contributed by atoms with Crippen LogP contribution in [-0.2, 0) is 0 Å². The Kier molecular flexibility index (Phi) is 9.00. The number of nitrogens with zero attached hydrogens (tertiary/aromatic N) is 2. The second-order valence-electron chi connectivity index (χ2n) is 6.64. The number of carbonyl (C=O) groups is 3. The highest BCUT2D eigenvalue weighted by Gasteiger charge is 2.10. The maximum Gasteiger partial charge on any atom is 0.356 e. The number of aliphatic hydroxyl groups excluding tert-OH is 1. The van der Waals surface area contributed by atoms with Crippen LogP contribution in [0.5, 0.6) is 0 Å². The number of amides is 1. The second kappa shape index (κ2) is 11.9. The van der Waals surface area contributed by atoms with Gasteiger partial charge in [-0.3, -0.25) is 4.79 Å². The van der Waals surface area contributed by atoms with E-state index in [4.69, 9.17) is 15.3 Å². The van der Waals surface area contributed by atoms with Crippen LogP contribution in [-0.4, -0.2) is 56.5 Å². The van der Waals surface area contributed by atoms with Crippen molar-refractivity contribution in [3.05, 3.63) is 83.2 Å². The summed E-state index contributed by atoms with van der Waals surface area (Å²) in [5.41, 5.74) is 2.94. The molecule has 0 fully saturated rings. The Morgan fingerprint density at radius 1 is 0.844 bits per heavy atom. The standard InChI is InChI=1S/C14H12O2.C9H11N3O4/c1-10-7-8-12(9-13(10)14(15)16)11-5-3-2-4-6-11;13-5-1-4-10-8(14)6-2-3-7(9(15)16)12-11-6/h2-9H,1H3,(H,15,16);2-3,13H,1,4-5H2,(H,10,14)(H,15,16). The number of nitrogens with one attached hydrogen (secondary N) is 1. The van der Waals surface area contributed by atoms with Crippen LogP contribution in [0.4, 0.5) is 0 Å².